The van der Waals surface area contributed by atoms with Crippen molar-refractivity contribution in [1.29, 1.82) is 0 Å². The van der Waals surface area contributed by atoms with Gasteiger partial charge >= 0.3 is 0 Å². The van der Waals surface area contributed by atoms with Gasteiger partial charge in [0.1, 0.15) is 12.3 Å². The van der Waals surface area contributed by atoms with Gasteiger partial charge in [0.15, 0.2) is 0 Å². The first-order chi connectivity index (χ1) is 12.4. The fourth-order valence-corrected chi connectivity index (χ4v) is 2.95. The molecule has 0 aromatic rings. The zero-order valence-electron chi connectivity index (χ0n) is 17.1. The van der Waals surface area contributed by atoms with E-state index in [-0.39, 0.29) is 24.3 Å². The number of likely N-dealkylation sites (tertiary alicyclic amines) is 1. The van der Waals surface area contributed by atoms with Gasteiger partial charge in [-0.1, -0.05) is 32.6 Å². The van der Waals surface area contributed by atoms with Crippen LogP contribution in [0.3, 0.4) is 0 Å². The molecule has 1 N–H and O–H groups in total. The van der Waals surface area contributed by atoms with Gasteiger partial charge in [-0.05, 0) is 38.3 Å². The maximum Gasteiger partial charge on any atom is 0.254 e. The monoisotopic (exact) mass is 368 g/mol. The van der Waals surface area contributed by atoms with Crippen molar-refractivity contribution in [2.75, 3.05) is 14.2 Å². The first-order valence-electron chi connectivity index (χ1n) is 8.79. The molecule has 2 atom stereocenters. The molecule has 1 heterocycles. The van der Waals surface area contributed by atoms with E-state index in [0.29, 0.717) is 19.2 Å². The van der Waals surface area contributed by atoms with Crippen molar-refractivity contribution in [2.24, 2.45) is 0 Å². The first-order valence-corrected chi connectivity index (χ1v) is 8.79. The third-order valence-electron chi connectivity index (χ3n) is 3.94. The minimum atomic E-state index is -0.662. The second kappa shape index (κ2) is 14.0. The number of carbonyl (C=O) groups is 3. The predicted octanol–water partition coefficient (Wildman–Crippen LogP) is 3.37. The number of nitrogens with one attached hydrogen (secondary N) is 1. The summed E-state index contributed by atoms with van der Waals surface area (Å²) >= 11 is 0. The van der Waals surface area contributed by atoms with E-state index in [9.17, 15) is 18.8 Å². The van der Waals surface area contributed by atoms with E-state index in [1.807, 2.05) is 46.8 Å². The lowest BCUT2D eigenvalue weighted by atomic mass is 9.99. The van der Waals surface area contributed by atoms with Crippen LogP contribution in [0.1, 0.15) is 47.5 Å². The molecule has 5 nitrogen and oxygen atoms in total. The number of allylic oxidation sites excluding steroid dienone is 3. The van der Waals surface area contributed by atoms with E-state index in [1.54, 1.807) is 0 Å². The molecule has 1 aliphatic heterocycles. The molecule has 0 aliphatic carbocycles. The number of rotatable bonds is 6. The number of likely N-dealkylation sites (N-methyl/N-ethyl adjacent to an activating group) is 1. The van der Waals surface area contributed by atoms with Gasteiger partial charge in [-0.25, -0.2) is 0 Å². The fraction of sp³-hybridized carbons (Fsp3) is 0.550. The van der Waals surface area contributed by atoms with Gasteiger partial charge in [0.2, 0.25) is 5.91 Å². The Morgan fingerprint density at radius 1 is 1.38 bits per heavy atom. The van der Waals surface area contributed by atoms with Gasteiger partial charge < -0.3 is 15.0 Å². The molecule has 1 aliphatic rings. The van der Waals surface area contributed by atoms with Crippen molar-refractivity contribution < 1.29 is 18.8 Å². The fourth-order valence-electron chi connectivity index (χ4n) is 2.95. The van der Waals surface area contributed by atoms with Gasteiger partial charge in [-0.15, -0.1) is 0 Å². The number of carbonyl (C=O) groups excluding carboxylic acids is 3. The molecular weight excluding hydrogens is 335 g/mol. The summed E-state index contributed by atoms with van der Waals surface area (Å²) in [5.74, 6) is -0.509. The molecule has 0 bridgehead atoms. The van der Waals surface area contributed by atoms with Gasteiger partial charge in [0.25, 0.3) is 5.91 Å². The van der Waals surface area contributed by atoms with E-state index < -0.39 is 6.04 Å². The zero-order valence-corrected chi connectivity index (χ0v) is 17.1. The summed E-state index contributed by atoms with van der Waals surface area (Å²) in [6, 6.07) is -0.907. The summed E-state index contributed by atoms with van der Waals surface area (Å²) < 4.78 is 9.50. The van der Waals surface area contributed by atoms with Crippen LogP contribution in [0.5, 0.6) is 0 Å². The lowest BCUT2D eigenvalue weighted by Gasteiger charge is -2.30. The van der Waals surface area contributed by atoms with Crippen LogP contribution in [-0.4, -0.2) is 49.3 Å². The van der Waals surface area contributed by atoms with Crippen molar-refractivity contribution >= 4 is 18.1 Å². The zero-order chi connectivity index (χ0) is 20.9. The largest absolute Gasteiger partial charge is 0.357 e. The summed E-state index contributed by atoms with van der Waals surface area (Å²) in [4.78, 5) is 36.9. The lowest BCUT2D eigenvalue weighted by Crippen LogP contribution is -2.49. The minimum Gasteiger partial charge on any atom is -0.357 e. The van der Waals surface area contributed by atoms with Crippen LogP contribution in [0.4, 0.5) is 4.39 Å². The van der Waals surface area contributed by atoms with Gasteiger partial charge in [-0.3, -0.25) is 14.0 Å². The highest BCUT2D eigenvalue weighted by Gasteiger charge is 2.42. The van der Waals surface area contributed by atoms with Crippen LogP contribution in [0.15, 0.2) is 35.5 Å². The smallest absolute Gasteiger partial charge is 0.254 e. The van der Waals surface area contributed by atoms with Crippen LogP contribution in [0, 0.1) is 0 Å². The van der Waals surface area contributed by atoms with Gasteiger partial charge in [-0.2, -0.15) is 0 Å². The Hall–Kier alpha value is -2.24. The second-order valence-corrected chi connectivity index (χ2v) is 5.34. The number of hydrogen-bond donors (Lipinski definition) is 1. The Labute approximate surface area is 157 Å². The van der Waals surface area contributed by atoms with Crippen molar-refractivity contribution in [1.82, 2.24) is 10.2 Å². The Morgan fingerprint density at radius 2 is 1.92 bits per heavy atom. The van der Waals surface area contributed by atoms with Crippen LogP contribution in [0.2, 0.25) is 0 Å². The number of alkyl halides is 1. The number of nitrogens with zero attached hydrogens (tertiary/aromatic N) is 1. The predicted molar refractivity (Wildman–Crippen MR) is 104 cm³/mol. The highest BCUT2D eigenvalue weighted by atomic mass is 19.1. The van der Waals surface area contributed by atoms with Crippen LogP contribution in [-0.2, 0) is 14.4 Å². The molecule has 26 heavy (non-hydrogen) atoms. The third-order valence-corrected chi connectivity index (χ3v) is 3.94. The van der Waals surface area contributed by atoms with Crippen molar-refractivity contribution in [3.05, 3.63) is 35.5 Å². The Morgan fingerprint density at radius 3 is 2.35 bits per heavy atom. The van der Waals surface area contributed by atoms with Crippen LogP contribution >= 0.6 is 0 Å². The molecule has 1 saturated heterocycles. The summed E-state index contributed by atoms with van der Waals surface area (Å²) in [6.07, 6.45) is 5.13. The van der Waals surface area contributed by atoms with Gasteiger partial charge in [0, 0.05) is 19.0 Å². The molecule has 148 valence electrons. The molecule has 0 saturated carbocycles. The molecule has 2 amide bonds. The molecule has 0 aromatic carbocycles. The molecule has 2 unspecified atom stereocenters. The average molecular weight is 368 g/mol. The molecular formula is C20H33FN2O3. The normalized spacial score (nSPS) is 19.2. The summed E-state index contributed by atoms with van der Waals surface area (Å²) in [6.45, 7) is 13.6. The molecule has 0 spiro atoms. The number of aldehydes is 1. The highest BCUT2D eigenvalue weighted by molar-refractivity contribution is 6.04. The lowest BCUT2D eigenvalue weighted by molar-refractivity contribution is -0.137. The molecule has 1 rings (SSSR count). The van der Waals surface area contributed by atoms with Crippen molar-refractivity contribution in [3.8, 4) is 0 Å². The number of hydrogen-bond acceptors (Lipinski definition) is 3. The van der Waals surface area contributed by atoms with Gasteiger partial charge in [0.05, 0.1) is 13.2 Å². The van der Waals surface area contributed by atoms with E-state index in [0.717, 1.165) is 17.4 Å². The van der Waals surface area contributed by atoms with E-state index >= 15 is 0 Å². The third kappa shape index (κ3) is 6.24. The topological polar surface area (TPSA) is 66.5 Å². The quantitative estimate of drug-likeness (QED) is 0.577. The van der Waals surface area contributed by atoms with E-state index in [2.05, 4.69) is 11.9 Å². The molecule has 1 fully saturated rings. The Balaban J connectivity index is 0. The summed E-state index contributed by atoms with van der Waals surface area (Å²) in [5, 5.41) is 2.57. The molecule has 0 radical (unpaired) electrons. The minimum absolute atomic E-state index is 0.230. The number of halogens is 1. The molecule has 6 heteroatoms. The number of amides is 2. The molecule has 0 aromatic heterocycles. The van der Waals surface area contributed by atoms with Crippen LogP contribution in [0.25, 0.3) is 0 Å². The standard InChI is InChI=1S/C17H24N2O3.C2H6.CH3F/c1-6-8-11(2)15-12(3)17(22)19(13(15)4)14(9-7-10-20)16(21)18-5;2*1-2/h6,8,10,13-14H,3,7,9H2,1-2,4-5H3,(H,18,21);1-2H3;1H3/b8-6-,15-11+;;. The maximum atomic E-state index is 12.6. The van der Waals surface area contributed by atoms with Crippen molar-refractivity contribution in [2.45, 2.75) is 59.5 Å². The summed E-state index contributed by atoms with van der Waals surface area (Å²) in [7, 11) is 2.03. The SMILES string of the molecule is C=C1C(=O)N(C(CCC=O)C(=O)NC)C(C)/C1=C(C)/C=C\C.CC.CF. The summed E-state index contributed by atoms with van der Waals surface area (Å²) in [5.41, 5.74) is 2.23. The van der Waals surface area contributed by atoms with E-state index in [4.69, 9.17) is 0 Å². The highest BCUT2D eigenvalue weighted by Crippen LogP contribution is 2.34. The first kappa shape index (κ1) is 26.0. The van der Waals surface area contributed by atoms with Crippen LogP contribution < -0.4 is 5.32 Å². The Kier molecular flexibility index (Phi) is 14.0. The Bertz CT molecular complexity index is 553. The van der Waals surface area contributed by atoms with E-state index in [1.165, 1.54) is 11.9 Å². The van der Waals surface area contributed by atoms with Crippen molar-refractivity contribution in [3.63, 3.8) is 0 Å². The second-order valence-electron chi connectivity index (χ2n) is 5.34. The average Bonchev–Trinajstić information content (AvgIpc) is 2.88. The maximum absolute atomic E-state index is 12.6.